The molecule has 0 bridgehead atoms. The van der Waals surface area contributed by atoms with Crippen molar-refractivity contribution in [3.63, 3.8) is 0 Å². The number of ether oxygens (including phenoxy) is 1. The van der Waals surface area contributed by atoms with Crippen LogP contribution in [0.15, 0.2) is 72.4 Å². The smallest absolute Gasteiger partial charge is 0.331 e. The molecule has 2 aromatic carbocycles. The lowest BCUT2D eigenvalue weighted by Crippen LogP contribution is -2.36. The van der Waals surface area contributed by atoms with E-state index in [0.29, 0.717) is 50.3 Å². The van der Waals surface area contributed by atoms with Crippen LogP contribution in [0.1, 0.15) is 47.3 Å². The van der Waals surface area contributed by atoms with Gasteiger partial charge in [-0.3, -0.25) is 14.5 Å². The van der Waals surface area contributed by atoms with Gasteiger partial charge in [-0.25, -0.2) is 9.78 Å². The zero-order valence-electron chi connectivity index (χ0n) is 24.8. The van der Waals surface area contributed by atoms with E-state index >= 15 is 0 Å². The third kappa shape index (κ3) is 6.37. The molecule has 10 nitrogen and oxygen atoms in total. The predicted molar refractivity (Wildman–Crippen MR) is 174 cm³/mol. The molecule has 2 aromatic heterocycles. The Balaban J connectivity index is 0.000000200. The van der Waals surface area contributed by atoms with Gasteiger partial charge in [0.15, 0.2) is 0 Å². The molecule has 0 spiro atoms. The quantitative estimate of drug-likeness (QED) is 0.175. The highest BCUT2D eigenvalue weighted by Crippen LogP contribution is 2.46. The summed E-state index contributed by atoms with van der Waals surface area (Å²) in [5.74, 6) is 1.15. The summed E-state index contributed by atoms with van der Waals surface area (Å²) in [6, 6.07) is 18.4. The summed E-state index contributed by atoms with van der Waals surface area (Å²) in [6.07, 6.45) is 9.11. The van der Waals surface area contributed by atoms with Gasteiger partial charge in [0.1, 0.15) is 32.8 Å². The van der Waals surface area contributed by atoms with Crippen molar-refractivity contribution in [2.45, 2.75) is 39.0 Å². The minimum absolute atomic E-state index is 0.0518. The Morgan fingerprint density at radius 3 is 2.51 bits per heavy atom. The Hall–Kier alpha value is -5.21. The molecular weight excluding hydrogens is 588 g/mol. The van der Waals surface area contributed by atoms with E-state index < -0.39 is 5.91 Å². The number of primary amides is 1. The van der Waals surface area contributed by atoms with Gasteiger partial charge in [0, 0.05) is 25.4 Å². The van der Waals surface area contributed by atoms with E-state index in [-0.39, 0.29) is 16.8 Å². The van der Waals surface area contributed by atoms with Gasteiger partial charge in [-0.2, -0.15) is 5.26 Å². The Morgan fingerprint density at radius 1 is 1.07 bits per heavy atom. The van der Waals surface area contributed by atoms with Gasteiger partial charge < -0.3 is 20.7 Å². The number of aromatic nitrogens is 1. The zero-order valence-corrected chi connectivity index (χ0v) is 25.6. The third-order valence-electron chi connectivity index (χ3n) is 7.89. The van der Waals surface area contributed by atoms with E-state index in [9.17, 15) is 14.4 Å². The number of benzene rings is 2. The van der Waals surface area contributed by atoms with Crippen LogP contribution in [0.25, 0.3) is 10.2 Å². The second-order valence-electron chi connectivity index (χ2n) is 11.2. The van der Waals surface area contributed by atoms with Crippen molar-refractivity contribution in [2.75, 3.05) is 23.3 Å². The average molecular weight is 621 g/mol. The van der Waals surface area contributed by atoms with Crippen LogP contribution in [0.2, 0.25) is 0 Å². The van der Waals surface area contributed by atoms with Crippen molar-refractivity contribution in [3.8, 4) is 17.6 Å². The highest BCUT2D eigenvalue weighted by atomic mass is 32.1. The highest BCUT2D eigenvalue weighted by molar-refractivity contribution is 7.21. The molecule has 1 saturated carbocycles. The van der Waals surface area contributed by atoms with Crippen LogP contribution < -0.4 is 20.7 Å². The van der Waals surface area contributed by atoms with Crippen LogP contribution >= 0.6 is 11.3 Å². The number of urea groups is 1. The van der Waals surface area contributed by atoms with Crippen LogP contribution in [-0.2, 0) is 4.79 Å². The lowest BCUT2D eigenvalue weighted by atomic mass is 10.1. The van der Waals surface area contributed by atoms with Gasteiger partial charge in [-0.1, -0.05) is 30.3 Å². The Bertz CT molecular complexity index is 1850. The number of carbonyl (C=O) groups is 3. The Morgan fingerprint density at radius 2 is 1.82 bits per heavy atom. The number of likely N-dealkylation sites (tertiary alicyclic amines) is 1. The number of thiophene rings is 1. The summed E-state index contributed by atoms with van der Waals surface area (Å²) in [5, 5.41) is 12.5. The molecule has 1 saturated heterocycles. The number of rotatable bonds is 6. The summed E-state index contributed by atoms with van der Waals surface area (Å²) in [7, 11) is 0. The number of anilines is 3. The first-order valence-corrected chi connectivity index (χ1v) is 15.7. The number of amides is 4. The lowest BCUT2D eigenvalue weighted by Gasteiger charge is -2.29. The number of allylic oxidation sites excluding steroid dienone is 1. The van der Waals surface area contributed by atoms with Crippen LogP contribution in [0.3, 0.4) is 0 Å². The first kappa shape index (κ1) is 29.8. The monoisotopic (exact) mass is 620 g/mol. The number of nitriles is 1. The molecule has 0 unspecified atom stereocenters. The normalized spacial score (nSPS) is 15.9. The van der Waals surface area contributed by atoms with Gasteiger partial charge in [0.25, 0.3) is 11.8 Å². The minimum atomic E-state index is -0.595. The number of piperidine rings is 1. The number of para-hydroxylation sites is 1. The number of nitrogens with one attached hydrogen (secondary N) is 1. The standard InChI is InChI=1S/C22H16N4O3S.C12H16N2O/c1-12-7-8-14(29-13-5-3-2-4-6-13)11-16(12)26-15-9-10-24-21-17(15)18(25-22(26)28)19(30-21)20(23)27;13-9-11(8-10-4-5-10)12(15)14-6-2-1-3-7-14/h2-11H,1H3,(H2,23,27)(H,25,28);8,10H,1-7H2/b;11-8+. The summed E-state index contributed by atoms with van der Waals surface area (Å²) in [5.41, 5.74) is 8.48. The Labute approximate surface area is 264 Å². The summed E-state index contributed by atoms with van der Waals surface area (Å²) >= 11 is 1.17. The largest absolute Gasteiger partial charge is 0.457 e. The first-order valence-electron chi connectivity index (χ1n) is 14.9. The molecule has 3 N–H and O–H groups in total. The van der Waals surface area contributed by atoms with Crippen molar-refractivity contribution in [1.29, 1.82) is 5.26 Å². The number of pyridine rings is 1. The molecule has 45 heavy (non-hydrogen) atoms. The van der Waals surface area contributed by atoms with E-state index in [1.54, 1.807) is 17.2 Å². The van der Waals surface area contributed by atoms with Gasteiger partial charge >= 0.3 is 6.03 Å². The molecule has 228 valence electrons. The van der Waals surface area contributed by atoms with E-state index in [2.05, 4.69) is 10.3 Å². The number of carbonyl (C=O) groups excluding carboxylic acids is 3. The molecule has 2 aliphatic heterocycles. The topological polar surface area (TPSA) is 142 Å². The molecular formula is C34H32N6O4S. The van der Waals surface area contributed by atoms with E-state index in [0.717, 1.165) is 44.3 Å². The zero-order chi connectivity index (χ0) is 31.5. The van der Waals surface area contributed by atoms with Crippen LogP contribution in [-0.4, -0.2) is 40.8 Å². The number of hydrogen-bond donors (Lipinski definition) is 2. The second-order valence-corrected chi connectivity index (χ2v) is 12.2. The fourth-order valence-electron chi connectivity index (χ4n) is 5.44. The molecule has 2 fully saturated rings. The van der Waals surface area contributed by atoms with Crippen LogP contribution in [0.5, 0.6) is 11.5 Å². The number of hydrogen-bond acceptors (Lipinski definition) is 7. The minimum Gasteiger partial charge on any atom is -0.457 e. The average Bonchev–Trinajstić information content (AvgIpc) is 3.81. The molecule has 7 rings (SSSR count). The third-order valence-corrected chi connectivity index (χ3v) is 9.00. The maximum Gasteiger partial charge on any atom is 0.331 e. The van der Waals surface area contributed by atoms with Crippen molar-refractivity contribution in [2.24, 2.45) is 11.7 Å². The molecule has 1 aliphatic carbocycles. The molecule has 4 heterocycles. The van der Waals surface area contributed by atoms with Gasteiger partial charge in [0.2, 0.25) is 0 Å². The SMILES string of the molecule is Cc1ccc(Oc2ccccc2)cc1N1C(=O)Nc2c(C(N)=O)sc3nccc1c23.N#C/C(=C\C1CC1)C(=O)N1CCCCC1. The second kappa shape index (κ2) is 12.8. The fraction of sp³-hybridized carbons (Fsp3) is 0.265. The molecule has 4 aromatic rings. The van der Waals surface area contributed by atoms with Gasteiger partial charge in [-0.05, 0) is 74.8 Å². The number of nitrogens with two attached hydrogens (primary N) is 1. The fourth-order valence-corrected chi connectivity index (χ4v) is 6.41. The van der Waals surface area contributed by atoms with Crippen molar-refractivity contribution in [3.05, 3.63) is 82.9 Å². The van der Waals surface area contributed by atoms with Crippen LogP contribution in [0.4, 0.5) is 21.9 Å². The predicted octanol–water partition coefficient (Wildman–Crippen LogP) is 7.04. The summed E-state index contributed by atoms with van der Waals surface area (Å²) in [4.78, 5) is 45.5. The maximum atomic E-state index is 13.1. The molecule has 0 radical (unpaired) electrons. The first-order chi connectivity index (χ1) is 21.8. The van der Waals surface area contributed by atoms with E-state index in [4.69, 9.17) is 15.7 Å². The van der Waals surface area contributed by atoms with Gasteiger partial charge in [-0.15, -0.1) is 11.3 Å². The lowest BCUT2D eigenvalue weighted by molar-refractivity contribution is -0.127. The van der Waals surface area contributed by atoms with Gasteiger partial charge in [0.05, 0.1) is 22.4 Å². The highest BCUT2D eigenvalue weighted by Gasteiger charge is 2.33. The van der Waals surface area contributed by atoms with Crippen molar-refractivity contribution >= 4 is 56.5 Å². The molecule has 3 aliphatic rings. The van der Waals surface area contributed by atoms with Crippen LogP contribution in [0, 0.1) is 24.2 Å². The number of aryl methyl sites for hydroxylation is 1. The molecule has 0 atom stereocenters. The van der Waals surface area contributed by atoms with E-state index in [1.165, 1.54) is 17.8 Å². The van der Waals surface area contributed by atoms with Crippen molar-refractivity contribution < 1.29 is 19.1 Å². The molecule has 4 amide bonds. The maximum absolute atomic E-state index is 13.1. The summed E-state index contributed by atoms with van der Waals surface area (Å²) < 4.78 is 5.95. The van der Waals surface area contributed by atoms with E-state index in [1.807, 2.05) is 72.5 Å². The number of nitrogens with zero attached hydrogens (tertiary/aromatic N) is 4. The molecule has 11 heteroatoms. The Kier molecular flexibility index (Phi) is 8.49. The summed E-state index contributed by atoms with van der Waals surface area (Å²) in [6.45, 7) is 3.57. The van der Waals surface area contributed by atoms with Crippen molar-refractivity contribution in [1.82, 2.24) is 9.88 Å².